The Bertz CT molecular complexity index is 671. The highest BCUT2D eigenvalue weighted by atomic mass is 32.2. The monoisotopic (exact) mass is 329 g/mol. The van der Waals surface area contributed by atoms with Gasteiger partial charge in [-0.1, -0.05) is 12.1 Å². The minimum Gasteiger partial charge on any atom is -0.481 e. The fourth-order valence-corrected chi connectivity index (χ4v) is 4.15. The summed E-state index contributed by atoms with van der Waals surface area (Å²) < 4.78 is 35.7. The van der Waals surface area contributed by atoms with Crippen molar-refractivity contribution in [3.63, 3.8) is 0 Å². The number of hydrogen-bond acceptors (Lipinski definition) is 4. The maximum Gasteiger partial charge on any atom is 0.305 e. The van der Waals surface area contributed by atoms with Crippen LogP contribution in [0.3, 0.4) is 0 Å². The van der Waals surface area contributed by atoms with E-state index in [2.05, 4.69) is 5.32 Å². The van der Waals surface area contributed by atoms with Gasteiger partial charge in [-0.2, -0.15) is 0 Å². The summed E-state index contributed by atoms with van der Waals surface area (Å²) in [5, 5.41) is 11.5. The number of nitrogens with one attached hydrogen (secondary N) is 1. The van der Waals surface area contributed by atoms with Crippen LogP contribution >= 0.6 is 0 Å². The van der Waals surface area contributed by atoms with Crippen LogP contribution in [-0.2, 0) is 19.4 Å². The fraction of sp³-hybridized carbons (Fsp3) is 0.429. The second kappa shape index (κ2) is 6.43. The van der Waals surface area contributed by atoms with E-state index in [1.807, 2.05) is 0 Å². The molecule has 0 unspecified atom stereocenters. The molecule has 1 heterocycles. The van der Waals surface area contributed by atoms with Crippen molar-refractivity contribution in [1.29, 1.82) is 0 Å². The van der Waals surface area contributed by atoms with E-state index in [0.29, 0.717) is 5.56 Å². The first-order valence-electron chi connectivity index (χ1n) is 6.75. The number of hydrogen-bond donors (Lipinski definition) is 2. The molecule has 1 saturated heterocycles. The molecule has 6 nitrogen and oxygen atoms in total. The van der Waals surface area contributed by atoms with Gasteiger partial charge in [0, 0.05) is 0 Å². The number of aliphatic carboxylic acids is 1. The molecule has 2 N–H and O–H groups in total. The molecule has 1 fully saturated rings. The number of rotatable bonds is 5. The normalized spacial score (nSPS) is 21.2. The van der Waals surface area contributed by atoms with E-state index in [1.54, 1.807) is 0 Å². The Labute approximate surface area is 127 Å². The molecule has 22 heavy (non-hydrogen) atoms. The number of benzene rings is 1. The van der Waals surface area contributed by atoms with E-state index in [9.17, 15) is 22.4 Å². The molecule has 2 atom stereocenters. The number of carbonyl (C=O) groups is 2. The molecule has 0 radical (unpaired) electrons. The third-order valence-corrected chi connectivity index (χ3v) is 5.34. The molecule has 0 saturated carbocycles. The van der Waals surface area contributed by atoms with E-state index in [-0.39, 0.29) is 24.3 Å². The summed E-state index contributed by atoms with van der Waals surface area (Å²) in [6.07, 6.45) is -0.131. The summed E-state index contributed by atoms with van der Waals surface area (Å²) in [6.45, 7) is 0. The second-order valence-corrected chi connectivity index (χ2v) is 7.54. The molecule has 0 aromatic heterocycles. The lowest BCUT2D eigenvalue weighted by Crippen LogP contribution is -2.35. The number of halogens is 1. The maximum absolute atomic E-state index is 12.9. The van der Waals surface area contributed by atoms with Crippen molar-refractivity contribution in [2.24, 2.45) is 5.92 Å². The average Bonchev–Trinajstić information content (AvgIpc) is 2.79. The quantitative estimate of drug-likeness (QED) is 0.835. The highest BCUT2D eigenvalue weighted by molar-refractivity contribution is 7.91. The zero-order valence-electron chi connectivity index (χ0n) is 11.7. The van der Waals surface area contributed by atoms with Crippen molar-refractivity contribution in [1.82, 2.24) is 5.32 Å². The lowest BCUT2D eigenvalue weighted by atomic mass is 10.0. The molecule has 1 amide bonds. The molecule has 0 spiro atoms. The van der Waals surface area contributed by atoms with Gasteiger partial charge in [0.05, 0.1) is 29.9 Å². The fourth-order valence-electron chi connectivity index (χ4n) is 2.41. The molecule has 8 heteroatoms. The summed E-state index contributed by atoms with van der Waals surface area (Å²) in [5.74, 6) is -2.99. The molecule has 120 valence electrons. The molecule has 1 aromatic rings. The average molecular weight is 329 g/mol. The number of sulfone groups is 1. The first-order chi connectivity index (χ1) is 10.3. The number of carbonyl (C=O) groups excluding carboxylic acids is 1. The van der Waals surface area contributed by atoms with Crippen molar-refractivity contribution in [2.45, 2.75) is 18.9 Å². The molecular weight excluding hydrogens is 313 g/mol. The van der Waals surface area contributed by atoms with Crippen LogP contribution in [0, 0.1) is 11.7 Å². The zero-order valence-corrected chi connectivity index (χ0v) is 12.5. The maximum atomic E-state index is 12.9. The van der Waals surface area contributed by atoms with E-state index >= 15 is 0 Å². The molecule has 0 bridgehead atoms. The number of amides is 1. The topological polar surface area (TPSA) is 101 Å². The summed E-state index contributed by atoms with van der Waals surface area (Å²) in [5.41, 5.74) is 0.456. The van der Waals surface area contributed by atoms with Crippen LogP contribution < -0.4 is 5.32 Å². The predicted octanol–water partition coefficient (Wildman–Crippen LogP) is 0.892. The van der Waals surface area contributed by atoms with Gasteiger partial charge in [-0.25, -0.2) is 12.8 Å². The van der Waals surface area contributed by atoms with Crippen molar-refractivity contribution in [3.8, 4) is 0 Å². The van der Waals surface area contributed by atoms with E-state index < -0.39 is 39.5 Å². The van der Waals surface area contributed by atoms with Crippen LogP contribution in [-0.4, -0.2) is 36.9 Å². The standard InChI is InChI=1S/C14H16FNO5S/c15-11-3-1-9(2-4-11)12(7-13(17)18)16-14(19)10-5-6-22(20,21)8-10/h1-4,10,12H,5-8H2,(H,16,19)(H,17,18)/t10-,12+/m1/s1. The Balaban J connectivity index is 2.11. The van der Waals surface area contributed by atoms with Crippen LogP contribution in [0.1, 0.15) is 24.4 Å². The Kier molecular flexibility index (Phi) is 4.80. The molecule has 1 aliphatic rings. The van der Waals surface area contributed by atoms with Crippen molar-refractivity contribution in [3.05, 3.63) is 35.6 Å². The lowest BCUT2D eigenvalue weighted by Gasteiger charge is -2.19. The first kappa shape index (κ1) is 16.4. The van der Waals surface area contributed by atoms with Gasteiger partial charge < -0.3 is 10.4 Å². The van der Waals surface area contributed by atoms with Gasteiger partial charge in [0.15, 0.2) is 9.84 Å². The van der Waals surface area contributed by atoms with Gasteiger partial charge in [-0.05, 0) is 24.1 Å². The van der Waals surface area contributed by atoms with Crippen LogP contribution in [0.4, 0.5) is 4.39 Å². The summed E-state index contributed by atoms with van der Waals surface area (Å²) in [6, 6.07) is 4.32. The van der Waals surface area contributed by atoms with Crippen LogP contribution in [0.15, 0.2) is 24.3 Å². The molecule has 0 aliphatic carbocycles. The summed E-state index contributed by atoms with van der Waals surface area (Å²) >= 11 is 0. The minimum absolute atomic E-state index is 0.0365. The van der Waals surface area contributed by atoms with Gasteiger partial charge >= 0.3 is 5.97 Å². The van der Waals surface area contributed by atoms with E-state index in [1.165, 1.54) is 24.3 Å². The highest BCUT2D eigenvalue weighted by Crippen LogP contribution is 2.22. The van der Waals surface area contributed by atoms with Gasteiger partial charge in [-0.15, -0.1) is 0 Å². The summed E-state index contributed by atoms with van der Waals surface area (Å²) in [7, 11) is -3.20. The van der Waals surface area contributed by atoms with Gasteiger partial charge in [0.2, 0.25) is 5.91 Å². The SMILES string of the molecule is O=C(O)C[C@H](NC(=O)[C@@H]1CCS(=O)(=O)C1)c1ccc(F)cc1. The van der Waals surface area contributed by atoms with E-state index in [0.717, 1.165) is 0 Å². The highest BCUT2D eigenvalue weighted by Gasteiger charge is 2.34. The third-order valence-electron chi connectivity index (χ3n) is 3.57. The van der Waals surface area contributed by atoms with Crippen molar-refractivity contribution in [2.75, 3.05) is 11.5 Å². The van der Waals surface area contributed by atoms with Crippen LogP contribution in [0.25, 0.3) is 0 Å². The van der Waals surface area contributed by atoms with Crippen molar-refractivity contribution < 1.29 is 27.5 Å². The molecular formula is C14H16FNO5S. The zero-order chi connectivity index (χ0) is 16.3. The molecule has 1 aromatic carbocycles. The van der Waals surface area contributed by atoms with Gasteiger partial charge in [-0.3, -0.25) is 9.59 Å². The summed E-state index contributed by atoms with van der Waals surface area (Å²) in [4.78, 5) is 23.1. The smallest absolute Gasteiger partial charge is 0.305 e. The van der Waals surface area contributed by atoms with Crippen molar-refractivity contribution >= 4 is 21.7 Å². The minimum atomic E-state index is -3.20. The Morgan fingerprint density at radius 2 is 1.95 bits per heavy atom. The first-order valence-corrected chi connectivity index (χ1v) is 8.57. The van der Waals surface area contributed by atoms with Gasteiger partial charge in [0.25, 0.3) is 0 Å². The second-order valence-electron chi connectivity index (χ2n) is 5.31. The Morgan fingerprint density at radius 3 is 2.45 bits per heavy atom. The van der Waals surface area contributed by atoms with E-state index in [4.69, 9.17) is 5.11 Å². The molecule has 1 aliphatic heterocycles. The molecule has 2 rings (SSSR count). The van der Waals surface area contributed by atoms with Crippen LogP contribution in [0.2, 0.25) is 0 Å². The van der Waals surface area contributed by atoms with Crippen LogP contribution in [0.5, 0.6) is 0 Å². The largest absolute Gasteiger partial charge is 0.481 e. The third kappa shape index (κ3) is 4.27. The Hall–Kier alpha value is -1.96. The van der Waals surface area contributed by atoms with Gasteiger partial charge in [0.1, 0.15) is 5.82 Å². The lowest BCUT2D eigenvalue weighted by molar-refractivity contribution is -0.137. The Morgan fingerprint density at radius 1 is 1.32 bits per heavy atom. The predicted molar refractivity (Wildman–Crippen MR) is 76.3 cm³/mol. The number of carboxylic acids is 1. The number of carboxylic acid groups (broad SMARTS) is 1.